The zero-order chi connectivity index (χ0) is 11.7. The highest BCUT2D eigenvalue weighted by Gasteiger charge is 2.28. The molecule has 0 bridgehead atoms. The summed E-state index contributed by atoms with van der Waals surface area (Å²) in [5.41, 5.74) is 1.32. The molecule has 0 aliphatic carbocycles. The van der Waals surface area contributed by atoms with Crippen molar-refractivity contribution in [2.75, 3.05) is 39.8 Å². The lowest BCUT2D eigenvalue weighted by Crippen LogP contribution is -2.47. The fourth-order valence-electron chi connectivity index (χ4n) is 2.66. The molecule has 3 heteroatoms. The van der Waals surface area contributed by atoms with Crippen molar-refractivity contribution in [2.45, 2.75) is 6.04 Å². The number of nitrogens with zero attached hydrogens (tertiary/aromatic N) is 2. The quantitative estimate of drug-likeness (QED) is 0.729. The Hall–Kier alpha value is -1.06. The number of hydrogen-bond acceptors (Lipinski definition) is 3. The van der Waals surface area contributed by atoms with E-state index in [-0.39, 0.29) is 0 Å². The van der Waals surface area contributed by atoms with Crippen molar-refractivity contribution in [1.82, 2.24) is 9.80 Å². The number of fused-ring (bicyclic) bond motifs is 1. The van der Waals surface area contributed by atoms with E-state index in [9.17, 15) is 0 Å². The van der Waals surface area contributed by atoms with Crippen molar-refractivity contribution in [3.05, 3.63) is 36.2 Å². The molecule has 0 aromatic heterocycles. The molecule has 2 aliphatic heterocycles. The van der Waals surface area contributed by atoms with Gasteiger partial charge in [0, 0.05) is 44.2 Å². The minimum absolute atomic E-state index is 0.439. The average Bonchev–Trinajstić information content (AvgIpc) is 2.39. The second-order valence-electron chi connectivity index (χ2n) is 4.87. The van der Waals surface area contributed by atoms with E-state index in [1.54, 1.807) is 0 Å². The molecule has 1 aromatic rings. The summed E-state index contributed by atoms with van der Waals surface area (Å²) >= 11 is 0. The van der Waals surface area contributed by atoms with Gasteiger partial charge in [-0.05, 0) is 13.1 Å². The monoisotopic (exact) mass is 231 g/mol. The van der Waals surface area contributed by atoms with Crippen LogP contribution in [0.25, 0.3) is 0 Å². The van der Waals surface area contributed by atoms with Gasteiger partial charge < -0.3 is 9.64 Å². The molecule has 0 N–H and O–H groups in total. The summed E-state index contributed by atoms with van der Waals surface area (Å²) in [6.07, 6.45) is 2.29. The number of likely N-dealkylation sites (N-methyl/N-ethyl adjacent to an activating group) is 1. The molecular formula is C14H19N2O. The first-order valence-electron chi connectivity index (χ1n) is 6.32. The van der Waals surface area contributed by atoms with E-state index in [4.69, 9.17) is 4.74 Å². The minimum atomic E-state index is 0.439. The molecule has 0 spiro atoms. The largest absolute Gasteiger partial charge is 0.493 e. The lowest BCUT2D eigenvalue weighted by atomic mass is 9.98. The normalized spacial score (nSPS) is 26.3. The van der Waals surface area contributed by atoms with Crippen LogP contribution in [0.3, 0.4) is 0 Å². The summed E-state index contributed by atoms with van der Waals surface area (Å²) in [5, 5.41) is 0. The van der Waals surface area contributed by atoms with Gasteiger partial charge >= 0.3 is 0 Å². The Morgan fingerprint density at radius 2 is 1.88 bits per heavy atom. The molecule has 0 amide bonds. The van der Waals surface area contributed by atoms with Crippen molar-refractivity contribution in [3.8, 4) is 5.75 Å². The molecule has 3 nitrogen and oxygen atoms in total. The number of piperazine rings is 1. The Kier molecular flexibility index (Phi) is 3.04. The van der Waals surface area contributed by atoms with Crippen molar-refractivity contribution < 1.29 is 4.74 Å². The third-order valence-electron chi connectivity index (χ3n) is 3.73. The van der Waals surface area contributed by atoms with Gasteiger partial charge in [0.15, 0.2) is 0 Å². The first-order valence-corrected chi connectivity index (χ1v) is 6.32. The van der Waals surface area contributed by atoms with Gasteiger partial charge in [0.05, 0.1) is 6.61 Å². The summed E-state index contributed by atoms with van der Waals surface area (Å²) in [6, 6.07) is 8.85. The lowest BCUT2D eigenvalue weighted by Gasteiger charge is -2.40. The Labute approximate surface area is 103 Å². The standard InChI is InChI=1S/C14H19N2O/c1-15-7-9-16(10-8-15)13-6-11-17-14-5-3-2-4-12(13)14/h2-6,13H,7-11H2,1H3. The third-order valence-corrected chi connectivity index (χ3v) is 3.73. The highest BCUT2D eigenvalue weighted by molar-refractivity contribution is 5.39. The van der Waals surface area contributed by atoms with Crippen LogP contribution in [0.15, 0.2) is 24.3 Å². The van der Waals surface area contributed by atoms with Crippen LogP contribution in [0.1, 0.15) is 11.6 Å². The molecule has 1 aromatic carbocycles. The number of benzene rings is 1. The fraction of sp³-hybridized carbons (Fsp3) is 0.500. The number of para-hydroxylation sites is 1. The van der Waals surface area contributed by atoms with Crippen LogP contribution >= 0.6 is 0 Å². The minimum Gasteiger partial charge on any atom is -0.493 e. The van der Waals surface area contributed by atoms with E-state index in [1.165, 1.54) is 5.56 Å². The van der Waals surface area contributed by atoms with E-state index in [2.05, 4.69) is 41.5 Å². The smallest absolute Gasteiger partial charge is 0.124 e. The number of hydrogen-bond donors (Lipinski definition) is 0. The second-order valence-corrected chi connectivity index (χ2v) is 4.87. The Morgan fingerprint density at radius 1 is 1.12 bits per heavy atom. The summed E-state index contributed by atoms with van der Waals surface area (Å²) in [6.45, 7) is 5.34. The van der Waals surface area contributed by atoms with E-state index >= 15 is 0 Å². The molecule has 17 heavy (non-hydrogen) atoms. The predicted molar refractivity (Wildman–Crippen MR) is 68.0 cm³/mol. The first kappa shape index (κ1) is 11.1. The Balaban J connectivity index is 1.80. The van der Waals surface area contributed by atoms with Gasteiger partial charge in [-0.15, -0.1) is 0 Å². The molecule has 1 unspecified atom stereocenters. The topological polar surface area (TPSA) is 15.7 Å². The van der Waals surface area contributed by atoms with Gasteiger partial charge in [0.1, 0.15) is 5.75 Å². The zero-order valence-corrected chi connectivity index (χ0v) is 10.3. The molecule has 1 fully saturated rings. The lowest BCUT2D eigenvalue weighted by molar-refractivity contribution is 0.110. The van der Waals surface area contributed by atoms with E-state index < -0.39 is 0 Å². The van der Waals surface area contributed by atoms with Gasteiger partial charge in [-0.2, -0.15) is 0 Å². The van der Waals surface area contributed by atoms with E-state index in [0.29, 0.717) is 6.04 Å². The van der Waals surface area contributed by atoms with E-state index in [1.807, 2.05) is 6.07 Å². The Morgan fingerprint density at radius 3 is 2.71 bits per heavy atom. The third kappa shape index (κ3) is 2.17. The molecular weight excluding hydrogens is 212 g/mol. The average molecular weight is 231 g/mol. The van der Waals surface area contributed by atoms with Crippen LogP contribution in [0.4, 0.5) is 0 Å². The predicted octanol–water partition coefficient (Wildman–Crippen LogP) is 1.57. The molecule has 3 rings (SSSR count). The van der Waals surface area contributed by atoms with Crippen molar-refractivity contribution in [3.63, 3.8) is 0 Å². The van der Waals surface area contributed by atoms with Crippen LogP contribution in [-0.4, -0.2) is 49.6 Å². The van der Waals surface area contributed by atoms with Gasteiger partial charge in [0.2, 0.25) is 0 Å². The summed E-state index contributed by atoms with van der Waals surface area (Å²) < 4.78 is 5.67. The van der Waals surface area contributed by atoms with Crippen molar-refractivity contribution >= 4 is 0 Å². The Bertz CT molecular complexity index is 386. The van der Waals surface area contributed by atoms with Crippen LogP contribution in [0, 0.1) is 6.42 Å². The maximum Gasteiger partial charge on any atom is 0.124 e. The van der Waals surface area contributed by atoms with Crippen LogP contribution in [0.2, 0.25) is 0 Å². The van der Waals surface area contributed by atoms with Crippen LogP contribution in [-0.2, 0) is 0 Å². The van der Waals surface area contributed by atoms with Gasteiger partial charge in [-0.25, -0.2) is 0 Å². The number of rotatable bonds is 1. The highest BCUT2D eigenvalue weighted by Crippen LogP contribution is 2.35. The van der Waals surface area contributed by atoms with Crippen molar-refractivity contribution in [2.24, 2.45) is 0 Å². The highest BCUT2D eigenvalue weighted by atomic mass is 16.5. The van der Waals surface area contributed by atoms with E-state index in [0.717, 1.165) is 38.5 Å². The van der Waals surface area contributed by atoms with Gasteiger partial charge in [0.25, 0.3) is 0 Å². The molecule has 1 radical (unpaired) electrons. The number of ether oxygens (including phenoxy) is 1. The zero-order valence-electron chi connectivity index (χ0n) is 10.3. The summed E-state index contributed by atoms with van der Waals surface area (Å²) in [4.78, 5) is 4.95. The molecule has 2 aliphatic rings. The summed E-state index contributed by atoms with van der Waals surface area (Å²) in [5.74, 6) is 1.05. The first-order chi connectivity index (χ1) is 8.34. The van der Waals surface area contributed by atoms with Gasteiger partial charge in [-0.1, -0.05) is 18.2 Å². The van der Waals surface area contributed by atoms with Crippen molar-refractivity contribution in [1.29, 1.82) is 0 Å². The SMILES string of the molecule is CN1CCN(C2[CH]COc3ccccc32)CC1. The molecule has 1 atom stereocenters. The molecule has 0 saturated carbocycles. The molecule has 2 heterocycles. The molecule has 1 saturated heterocycles. The second kappa shape index (κ2) is 4.67. The molecule has 91 valence electrons. The van der Waals surface area contributed by atoms with Crippen LogP contribution < -0.4 is 4.74 Å². The van der Waals surface area contributed by atoms with Crippen LogP contribution in [0.5, 0.6) is 5.75 Å². The summed E-state index contributed by atoms with van der Waals surface area (Å²) in [7, 11) is 2.19. The van der Waals surface area contributed by atoms with Gasteiger partial charge in [-0.3, -0.25) is 4.90 Å². The maximum absolute atomic E-state index is 5.67. The fourth-order valence-corrected chi connectivity index (χ4v) is 2.66. The maximum atomic E-state index is 5.67.